The van der Waals surface area contributed by atoms with E-state index in [1.54, 1.807) is 12.4 Å². The molecule has 1 saturated carbocycles. The monoisotopic (exact) mass is 360 g/mol. The van der Waals surface area contributed by atoms with Crippen molar-refractivity contribution >= 4 is 18.1 Å². The van der Waals surface area contributed by atoms with E-state index in [-0.39, 0.29) is 0 Å². The van der Waals surface area contributed by atoms with Crippen LogP contribution in [0, 0.1) is 4.77 Å². The third-order valence-corrected chi connectivity index (χ3v) is 4.91. The Morgan fingerprint density at radius 3 is 2.96 bits per heavy atom. The Bertz CT molecular complexity index is 829. The molecule has 1 amide bonds. The average molecular weight is 360 g/mol. The van der Waals surface area contributed by atoms with Crippen molar-refractivity contribution in [3.8, 4) is 11.4 Å². The predicted octanol–water partition coefficient (Wildman–Crippen LogP) is 0.955. The zero-order valence-corrected chi connectivity index (χ0v) is 14.6. The molecule has 0 radical (unpaired) electrons. The van der Waals surface area contributed by atoms with Crippen LogP contribution in [0.25, 0.3) is 11.4 Å². The lowest BCUT2D eigenvalue weighted by molar-refractivity contribution is -0.136. The van der Waals surface area contributed by atoms with Gasteiger partial charge in [0.25, 0.3) is 0 Å². The molecule has 2 fully saturated rings. The number of primary amides is 1. The van der Waals surface area contributed by atoms with Crippen molar-refractivity contribution in [2.75, 3.05) is 19.7 Å². The number of ether oxygens (including phenoxy) is 1. The Labute approximate surface area is 150 Å². The third kappa shape index (κ3) is 3.35. The second-order valence-corrected chi connectivity index (χ2v) is 6.79. The van der Waals surface area contributed by atoms with E-state index in [9.17, 15) is 4.79 Å². The maximum atomic E-state index is 11.4. The number of aromatic nitrogens is 4. The van der Waals surface area contributed by atoms with Crippen LogP contribution in [0.1, 0.15) is 18.9 Å². The molecule has 9 heteroatoms. The van der Waals surface area contributed by atoms with E-state index < -0.39 is 12.0 Å². The quantitative estimate of drug-likeness (QED) is 0.799. The Hall–Kier alpha value is -2.10. The number of nitrogens with zero attached hydrogens (tertiary/aromatic N) is 5. The fourth-order valence-corrected chi connectivity index (χ4v) is 3.39. The maximum absolute atomic E-state index is 11.4. The molecule has 1 aliphatic carbocycles. The number of amides is 1. The molecule has 0 aromatic carbocycles. The van der Waals surface area contributed by atoms with Gasteiger partial charge in [0.2, 0.25) is 5.91 Å². The number of rotatable bonds is 5. The molecule has 1 unspecified atom stereocenters. The van der Waals surface area contributed by atoms with Crippen LogP contribution in [0.3, 0.4) is 0 Å². The largest absolute Gasteiger partial charge is 0.367 e. The summed E-state index contributed by atoms with van der Waals surface area (Å²) >= 11 is 5.67. The van der Waals surface area contributed by atoms with Crippen molar-refractivity contribution in [1.82, 2.24) is 24.2 Å². The molecule has 2 aromatic heterocycles. The minimum atomic E-state index is -0.578. The second-order valence-electron chi connectivity index (χ2n) is 6.43. The van der Waals surface area contributed by atoms with E-state index in [0.717, 1.165) is 24.2 Å². The molecule has 2 N–H and O–H groups in total. The summed E-state index contributed by atoms with van der Waals surface area (Å²) in [7, 11) is 0. The minimum Gasteiger partial charge on any atom is -0.367 e. The molecule has 0 spiro atoms. The van der Waals surface area contributed by atoms with E-state index >= 15 is 0 Å². The molecule has 1 saturated heterocycles. The molecule has 2 aromatic rings. The van der Waals surface area contributed by atoms with Gasteiger partial charge in [-0.1, -0.05) is 0 Å². The van der Waals surface area contributed by atoms with Crippen molar-refractivity contribution in [2.24, 2.45) is 5.73 Å². The first-order valence-electron chi connectivity index (χ1n) is 8.36. The second kappa shape index (κ2) is 6.66. The number of hydrogen-bond acceptors (Lipinski definition) is 6. The van der Waals surface area contributed by atoms with Gasteiger partial charge in [-0.15, -0.1) is 0 Å². The molecule has 0 bridgehead atoms. The molecule has 2 aliphatic rings. The van der Waals surface area contributed by atoms with Gasteiger partial charge in [0.15, 0.2) is 10.6 Å². The Kier molecular flexibility index (Phi) is 4.36. The van der Waals surface area contributed by atoms with Crippen LogP contribution >= 0.6 is 12.2 Å². The minimum absolute atomic E-state index is 0.416. The number of carbonyl (C=O) groups is 1. The Balaban J connectivity index is 1.62. The summed E-state index contributed by atoms with van der Waals surface area (Å²) in [6.07, 6.45) is 5.21. The summed E-state index contributed by atoms with van der Waals surface area (Å²) in [5.41, 5.74) is 6.32. The zero-order valence-electron chi connectivity index (χ0n) is 13.7. The van der Waals surface area contributed by atoms with Crippen molar-refractivity contribution in [3.05, 3.63) is 29.3 Å². The number of hydrogen-bond donors (Lipinski definition) is 1. The van der Waals surface area contributed by atoms with Gasteiger partial charge in [-0.2, -0.15) is 5.10 Å². The van der Waals surface area contributed by atoms with Crippen molar-refractivity contribution < 1.29 is 9.53 Å². The fraction of sp³-hybridized carbons (Fsp3) is 0.500. The highest BCUT2D eigenvalue weighted by Gasteiger charge is 2.30. The Morgan fingerprint density at radius 1 is 1.44 bits per heavy atom. The fourth-order valence-electron chi connectivity index (χ4n) is 3.06. The summed E-state index contributed by atoms with van der Waals surface area (Å²) in [6, 6.07) is 4.30. The predicted molar refractivity (Wildman–Crippen MR) is 93.1 cm³/mol. The summed E-state index contributed by atoms with van der Waals surface area (Å²) in [5, 5.41) is 4.74. The highest BCUT2D eigenvalue weighted by atomic mass is 32.1. The Morgan fingerprint density at radius 2 is 2.28 bits per heavy atom. The van der Waals surface area contributed by atoms with E-state index in [1.807, 2.05) is 16.8 Å². The molecule has 1 aliphatic heterocycles. The summed E-state index contributed by atoms with van der Waals surface area (Å²) < 4.78 is 10.0. The first-order chi connectivity index (χ1) is 12.1. The topological polar surface area (TPSA) is 91.2 Å². The van der Waals surface area contributed by atoms with E-state index in [1.165, 1.54) is 0 Å². The van der Waals surface area contributed by atoms with Crippen LogP contribution in [-0.2, 0) is 16.2 Å². The molecule has 1 atom stereocenters. The molecule has 132 valence electrons. The SMILES string of the molecule is NC(=O)C1CN(Cn2nc(-c3cccnc3)n(C3CC3)c2=S)CCO1. The van der Waals surface area contributed by atoms with Gasteiger partial charge >= 0.3 is 0 Å². The molecular weight excluding hydrogens is 340 g/mol. The highest BCUT2D eigenvalue weighted by Crippen LogP contribution is 2.38. The zero-order chi connectivity index (χ0) is 17.4. The lowest BCUT2D eigenvalue weighted by Gasteiger charge is -2.30. The van der Waals surface area contributed by atoms with Crippen LogP contribution in [0.5, 0.6) is 0 Å². The average Bonchev–Trinajstić information content (AvgIpc) is 3.41. The summed E-state index contributed by atoms with van der Waals surface area (Å²) in [6.45, 7) is 2.15. The van der Waals surface area contributed by atoms with E-state index in [2.05, 4.69) is 14.5 Å². The van der Waals surface area contributed by atoms with Gasteiger partial charge in [-0.3, -0.25) is 19.2 Å². The van der Waals surface area contributed by atoms with E-state index in [0.29, 0.717) is 37.2 Å². The molecular formula is C16H20N6O2S. The van der Waals surface area contributed by atoms with Crippen LogP contribution in [0.2, 0.25) is 0 Å². The number of pyridine rings is 1. The standard InChI is InChI=1S/C16H20N6O2S/c17-14(23)13-9-20(6-7-24-13)10-21-16(25)22(12-3-4-12)15(19-21)11-2-1-5-18-8-11/h1-2,5,8,12-13H,3-4,6-7,9-10H2,(H2,17,23). The lowest BCUT2D eigenvalue weighted by atomic mass is 10.3. The first kappa shape index (κ1) is 16.4. The normalized spacial score (nSPS) is 21.4. The van der Waals surface area contributed by atoms with Crippen molar-refractivity contribution in [1.29, 1.82) is 0 Å². The number of morpholine rings is 1. The van der Waals surface area contributed by atoms with Crippen LogP contribution in [0.15, 0.2) is 24.5 Å². The van der Waals surface area contributed by atoms with Crippen LogP contribution in [0.4, 0.5) is 0 Å². The summed E-state index contributed by atoms with van der Waals surface area (Å²) in [4.78, 5) is 17.7. The molecule has 25 heavy (non-hydrogen) atoms. The van der Waals surface area contributed by atoms with Crippen molar-refractivity contribution in [3.63, 3.8) is 0 Å². The van der Waals surface area contributed by atoms with Gasteiger partial charge in [-0.25, -0.2) is 4.68 Å². The smallest absolute Gasteiger partial charge is 0.247 e. The van der Waals surface area contributed by atoms with Crippen molar-refractivity contribution in [2.45, 2.75) is 31.7 Å². The molecule has 3 heterocycles. The number of nitrogens with two attached hydrogens (primary N) is 1. The van der Waals surface area contributed by atoms with Gasteiger partial charge < -0.3 is 10.5 Å². The number of carbonyl (C=O) groups excluding carboxylic acids is 1. The third-order valence-electron chi connectivity index (χ3n) is 4.50. The lowest BCUT2D eigenvalue weighted by Crippen LogP contribution is -2.48. The summed E-state index contributed by atoms with van der Waals surface area (Å²) in [5.74, 6) is 0.410. The van der Waals surface area contributed by atoms with Crippen LogP contribution in [-0.4, -0.2) is 55.9 Å². The molecule has 4 rings (SSSR count). The molecule has 8 nitrogen and oxygen atoms in total. The van der Waals surface area contributed by atoms with Gasteiger partial charge in [-0.05, 0) is 37.2 Å². The van der Waals surface area contributed by atoms with E-state index in [4.69, 9.17) is 27.8 Å². The van der Waals surface area contributed by atoms with Gasteiger partial charge in [0.1, 0.15) is 6.10 Å². The maximum Gasteiger partial charge on any atom is 0.247 e. The van der Waals surface area contributed by atoms with Gasteiger partial charge in [0, 0.05) is 37.1 Å². The van der Waals surface area contributed by atoms with Crippen LogP contribution < -0.4 is 5.73 Å². The highest BCUT2D eigenvalue weighted by molar-refractivity contribution is 7.71. The first-order valence-corrected chi connectivity index (χ1v) is 8.77. The van der Waals surface area contributed by atoms with Gasteiger partial charge in [0.05, 0.1) is 13.3 Å².